The molecule has 2 aliphatic heterocycles. The molecule has 0 bridgehead atoms. The highest BCUT2D eigenvalue weighted by atomic mass is 16.5. The molecule has 0 radical (unpaired) electrons. The molecule has 0 saturated carbocycles. The maximum atomic E-state index is 12.0. The van der Waals surface area contributed by atoms with Gasteiger partial charge in [0.25, 0.3) is 0 Å². The van der Waals surface area contributed by atoms with E-state index in [1.165, 1.54) is 0 Å². The monoisotopic (exact) mass is 198 g/mol. The Morgan fingerprint density at radius 1 is 1.50 bits per heavy atom. The number of rotatable bonds is 2. The first-order valence-corrected chi connectivity index (χ1v) is 5.29. The molecule has 0 aromatic heterocycles. The molecule has 80 valence electrons. The Hall–Kier alpha value is -0.610. The first-order chi connectivity index (χ1) is 6.70. The minimum atomic E-state index is 0.0839. The van der Waals surface area contributed by atoms with Crippen LogP contribution in [-0.2, 0) is 9.53 Å². The van der Waals surface area contributed by atoms with E-state index in [9.17, 15) is 4.79 Å². The van der Waals surface area contributed by atoms with Gasteiger partial charge in [-0.1, -0.05) is 0 Å². The van der Waals surface area contributed by atoms with Crippen LogP contribution in [0.4, 0.5) is 0 Å². The predicted molar refractivity (Wildman–Crippen MR) is 52.9 cm³/mol. The van der Waals surface area contributed by atoms with Gasteiger partial charge in [-0.15, -0.1) is 0 Å². The fourth-order valence-electron chi connectivity index (χ4n) is 2.04. The van der Waals surface area contributed by atoms with E-state index < -0.39 is 0 Å². The van der Waals surface area contributed by atoms with E-state index in [1.807, 2.05) is 18.9 Å². The molecule has 2 saturated heterocycles. The van der Waals surface area contributed by atoms with E-state index in [0.717, 1.165) is 26.1 Å². The zero-order chi connectivity index (χ0) is 10.1. The number of likely N-dealkylation sites (N-methyl/N-ethyl adjacent to an activating group) is 1. The van der Waals surface area contributed by atoms with E-state index in [4.69, 9.17) is 4.74 Å². The Labute approximate surface area is 84.6 Å². The van der Waals surface area contributed by atoms with Gasteiger partial charge in [-0.3, -0.25) is 4.79 Å². The van der Waals surface area contributed by atoms with Gasteiger partial charge in [-0.05, 0) is 13.3 Å². The summed E-state index contributed by atoms with van der Waals surface area (Å²) in [5.41, 5.74) is 0. The molecular formula is C10H18N2O2. The lowest BCUT2D eigenvalue weighted by Crippen LogP contribution is -2.58. The molecular weight excluding hydrogens is 180 g/mol. The van der Waals surface area contributed by atoms with Crippen molar-refractivity contribution >= 4 is 5.91 Å². The maximum Gasteiger partial charge on any atom is 0.228 e. The topological polar surface area (TPSA) is 41.6 Å². The van der Waals surface area contributed by atoms with Crippen molar-refractivity contribution in [3.05, 3.63) is 0 Å². The first kappa shape index (κ1) is 9.93. The van der Waals surface area contributed by atoms with Crippen LogP contribution in [0.1, 0.15) is 13.3 Å². The lowest BCUT2D eigenvalue weighted by Gasteiger charge is -2.37. The van der Waals surface area contributed by atoms with Gasteiger partial charge >= 0.3 is 0 Å². The van der Waals surface area contributed by atoms with E-state index in [1.54, 1.807) is 0 Å². The zero-order valence-corrected chi connectivity index (χ0v) is 8.82. The van der Waals surface area contributed by atoms with Crippen molar-refractivity contribution in [1.29, 1.82) is 0 Å². The number of hydrogen-bond acceptors (Lipinski definition) is 3. The molecule has 14 heavy (non-hydrogen) atoms. The van der Waals surface area contributed by atoms with E-state index in [2.05, 4.69) is 5.32 Å². The fraction of sp³-hybridized carbons (Fsp3) is 0.900. The lowest BCUT2D eigenvalue weighted by atomic mass is 9.99. The standard InChI is InChI=1S/C10H18N2O2/c1-7-9(3-4-14-7)10(13)12(2)8-5-11-6-8/h7-9,11H,3-6H2,1-2H3. The highest BCUT2D eigenvalue weighted by molar-refractivity contribution is 5.79. The largest absolute Gasteiger partial charge is 0.378 e. The third-order valence-electron chi connectivity index (χ3n) is 3.35. The van der Waals surface area contributed by atoms with Crippen molar-refractivity contribution in [3.8, 4) is 0 Å². The Kier molecular flexibility index (Phi) is 2.74. The van der Waals surface area contributed by atoms with Crippen LogP contribution in [0.2, 0.25) is 0 Å². The van der Waals surface area contributed by atoms with Gasteiger partial charge in [-0.2, -0.15) is 0 Å². The molecule has 4 heteroatoms. The molecule has 2 unspecified atom stereocenters. The van der Waals surface area contributed by atoms with Crippen LogP contribution < -0.4 is 5.32 Å². The summed E-state index contributed by atoms with van der Waals surface area (Å²) in [7, 11) is 1.90. The minimum Gasteiger partial charge on any atom is -0.378 e. The molecule has 0 spiro atoms. The number of nitrogens with one attached hydrogen (secondary N) is 1. The molecule has 4 nitrogen and oxygen atoms in total. The smallest absolute Gasteiger partial charge is 0.228 e. The van der Waals surface area contributed by atoms with Crippen molar-refractivity contribution in [2.45, 2.75) is 25.5 Å². The van der Waals surface area contributed by atoms with Gasteiger partial charge in [0.2, 0.25) is 5.91 Å². The summed E-state index contributed by atoms with van der Waals surface area (Å²) in [5, 5.41) is 3.17. The first-order valence-electron chi connectivity index (χ1n) is 5.29. The van der Waals surface area contributed by atoms with Gasteiger partial charge in [0.15, 0.2) is 0 Å². The molecule has 0 aromatic carbocycles. The Bertz CT molecular complexity index is 228. The van der Waals surface area contributed by atoms with Gasteiger partial charge in [0, 0.05) is 26.7 Å². The van der Waals surface area contributed by atoms with Crippen molar-refractivity contribution in [1.82, 2.24) is 10.2 Å². The van der Waals surface area contributed by atoms with Crippen molar-refractivity contribution < 1.29 is 9.53 Å². The summed E-state index contributed by atoms with van der Waals surface area (Å²) in [6.07, 6.45) is 0.975. The second-order valence-electron chi connectivity index (χ2n) is 4.23. The number of amides is 1. The molecule has 1 N–H and O–H groups in total. The third-order valence-corrected chi connectivity index (χ3v) is 3.35. The summed E-state index contributed by atoms with van der Waals surface area (Å²) in [6, 6.07) is 0.398. The van der Waals surface area contributed by atoms with Crippen LogP contribution in [-0.4, -0.2) is 49.7 Å². The maximum absolute atomic E-state index is 12.0. The SMILES string of the molecule is CC1OCCC1C(=O)N(C)C1CNC1. The highest BCUT2D eigenvalue weighted by Crippen LogP contribution is 2.23. The van der Waals surface area contributed by atoms with E-state index in [-0.39, 0.29) is 17.9 Å². The molecule has 2 atom stereocenters. The van der Waals surface area contributed by atoms with Gasteiger partial charge in [-0.25, -0.2) is 0 Å². The number of ether oxygens (including phenoxy) is 1. The summed E-state index contributed by atoms with van der Waals surface area (Å²) in [6.45, 7) is 4.59. The number of hydrogen-bond donors (Lipinski definition) is 1. The average molecular weight is 198 g/mol. The molecule has 2 rings (SSSR count). The molecule has 2 heterocycles. The van der Waals surface area contributed by atoms with Crippen LogP contribution >= 0.6 is 0 Å². The molecule has 0 aromatic rings. The van der Waals surface area contributed by atoms with E-state index >= 15 is 0 Å². The van der Waals surface area contributed by atoms with E-state index in [0.29, 0.717) is 6.04 Å². The second kappa shape index (κ2) is 3.87. The fourth-order valence-corrected chi connectivity index (χ4v) is 2.04. The lowest BCUT2D eigenvalue weighted by molar-refractivity contribution is -0.138. The van der Waals surface area contributed by atoms with Gasteiger partial charge < -0.3 is 15.0 Å². The predicted octanol–water partition coefficient (Wildman–Crippen LogP) is -0.158. The highest BCUT2D eigenvalue weighted by Gasteiger charge is 2.36. The normalized spacial score (nSPS) is 32.7. The second-order valence-corrected chi connectivity index (χ2v) is 4.23. The summed E-state index contributed by atoms with van der Waals surface area (Å²) < 4.78 is 5.40. The van der Waals surface area contributed by atoms with Crippen molar-refractivity contribution in [2.24, 2.45) is 5.92 Å². The van der Waals surface area contributed by atoms with Gasteiger partial charge in [0.05, 0.1) is 18.1 Å². The van der Waals surface area contributed by atoms with Crippen LogP contribution in [0.25, 0.3) is 0 Å². The third kappa shape index (κ3) is 1.64. The van der Waals surface area contributed by atoms with Crippen molar-refractivity contribution in [3.63, 3.8) is 0 Å². The van der Waals surface area contributed by atoms with Crippen LogP contribution in [0.15, 0.2) is 0 Å². The summed E-state index contributed by atoms with van der Waals surface area (Å²) >= 11 is 0. The van der Waals surface area contributed by atoms with Crippen LogP contribution in [0.3, 0.4) is 0 Å². The average Bonchev–Trinajstić information content (AvgIpc) is 2.47. The van der Waals surface area contributed by atoms with Crippen LogP contribution in [0, 0.1) is 5.92 Å². The minimum absolute atomic E-state index is 0.0839. The molecule has 2 aliphatic rings. The number of carbonyl (C=O) groups excluding carboxylic acids is 1. The molecule has 1 amide bonds. The molecule has 0 aliphatic carbocycles. The Morgan fingerprint density at radius 3 is 2.64 bits per heavy atom. The zero-order valence-electron chi connectivity index (χ0n) is 8.82. The quantitative estimate of drug-likeness (QED) is 0.670. The summed E-state index contributed by atoms with van der Waals surface area (Å²) in [5.74, 6) is 0.335. The Morgan fingerprint density at radius 2 is 2.21 bits per heavy atom. The molecule has 2 fully saturated rings. The van der Waals surface area contributed by atoms with Crippen molar-refractivity contribution in [2.75, 3.05) is 26.7 Å². The van der Waals surface area contributed by atoms with Gasteiger partial charge in [0.1, 0.15) is 0 Å². The number of carbonyl (C=O) groups is 1. The van der Waals surface area contributed by atoms with Crippen LogP contribution in [0.5, 0.6) is 0 Å². The summed E-state index contributed by atoms with van der Waals surface area (Å²) in [4.78, 5) is 13.9. The Balaban J connectivity index is 1.92. The number of nitrogens with zero attached hydrogens (tertiary/aromatic N) is 1.